The molecule has 2 aliphatic heterocycles. The monoisotopic (exact) mass is 518 g/mol. The summed E-state index contributed by atoms with van der Waals surface area (Å²) >= 11 is 0. The van der Waals surface area contributed by atoms with Crippen LogP contribution >= 0.6 is 0 Å². The van der Waals surface area contributed by atoms with Gasteiger partial charge in [-0.2, -0.15) is 0 Å². The quantitative estimate of drug-likeness (QED) is 0.514. The molecule has 3 aromatic rings. The number of piperazine rings is 1. The number of carbonyl (C=O) groups is 1. The second kappa shape index (κ2) is 10.6. The molecule has 2 atom stereocenters. The molecule has 1 saturated heterocycles. The van der Waals surface area contributed by atoms with Crippen molar-refractivity contribution in [3.05, 3.63) is 77.6 Å². The molecular weight excluding hydrogens is 484 g/mol. The molecule has 8 nitrogen and oxygen atoms in total. The van der Waals surface area contributed by atoms with Crippen molar-refractivity contribution in [3.8, 4) is 0 Å². The zero-order chi connectivity index (χ0) is 26.0. The number of nitrogens with one attached hydrogen (secondary N) is 2. The van der Waals surface area contributed by atoms with Crippen LogP contribution in [-0.2, 0) is 17.4 Å². The van der Waals surface area contributed by atoms with E-state index in [1.807, 2.05) is 47.4 Å². The maximum Gasteiger partial charge on any atom is 0.253 e. The van der Waals surface area contributed by atoms with Gasteiger partial charge in [0.15, 0.2) is 0 Å². The first-order chi connectivity index (χ1) is 17.8. The van der Waals surface area contributed by atoms with Crippen LogP contribution in [0.3, 0.4) is 0 Å². The Hall–Kier alpha value is -3.30. The van der Waals surface area contributed by atoms with Crippen LogP contribution in [0.4, 0.5) is 11.6 Å². The first kappa shape index (κ1) is 25.4. The fourth-order valence-electron chi connectivity index (χ4n) is 5.03. The van der Waals surface area contributed by atoms with E-state index in [0.29, 0.717) is 37.7 Å². The molecule has 2 N–H and O–H groups in total. The van der Waals surface area contributed by atoms with E-state index >= 15 is 0 Å². The third-order valence-corrected chi connectivity index (χ3v) is 8.26. The average Bonchev–Trinajstić information content (AvgIpc) is 2.92. The fraction of sp³-hybridized carbons (Fsp3) is 0.393. The van der Waals surface area contributed by atoms with Gasteiger partial charge in [0.2, 0.25) is 5.95 Å². The molecule has 1 fully saturated rings. The summed E-state index contributed by atoms with van der Waals surface area (Å²) in [5, 5.41) is 3.58. The van der Waals surface area contributed by atoms with Gasteiger partial charge in [-0.05, 0) is 74.2 Å². The molecule has 9 heteroatoms. The Morgan fingerprint density at radius 3 is 2.46 bits per heavy atom. The minimum absolute atomic E-state index is 0.0105. The van der Waals surface area contributed by atoms with Crippen LogP contribution in [0.5, 0.6) is 0 Å². The highest BCUT2D eigenvalue weighted by atomic mass is 32.2. The van der Waals surface area contributed by atoms with Crippen molar-refractivity contribution in [1.82, 2.24) is 19.6 Å². The largest absolute Gasteiger partial charge is 0.380 e. The lowest BCUT2D eigenvalue weighted by molar-refractivity contribution is 0.0746. The molecule has 194 valence electrons. The van der Waals surface area contributed by atoms with E-state index in [1.165, 1.54) is 5.56 Å². The average molecular weight is 519 g/mol. The van der Waals surface area contributed by atoms with Gasteiger partial charge in [0.05, 0.1) is 4.90 Å². The van der Waals surface area contributed by atoms with Gasteiger partial charge >= 0.3 is 0 Å². The number of rotatable bonds is 6. The van der Waals surface area contributed by atoms with Gasteiger partial charge in [0, 0.05) is 61.4 Å². The van der Waals surface area contributed by atoms with E-state index in [-0.39, 0.29) is 17.5 Å². The topological polar surface area (TPSA) is 90.5 Å². The Labute approximate surface area is 221 Å². The highest BCUT2D eigenvalue weighted by Gasteiger charge is 2.34. The number of aromatic nitrogens is 2. The number of anilines is 2. The Balaban J connectivity index is 1.32. The number of hydrogen-bond donors (Lipinski definition) is 2. The standard InChI is InChI=1S/C28H34N6O2S/c1-4-20-6-9-22(10-7-20)37(36)32-25-19-28(2,3)31-24-11-8-21(18-23(24)25)26(35)33-14-16-34(17-15-33)27-29-12-5-13-30-27/h5-13,18,25,31-32H,4,14-17,19H2,1-3H3/t25-,37?/m0/s1. The molecule has 0 radical (unpaired) electrons. The van der Waals surface area contributed by atoms with Crippen LogP contribution in [0.25, 0.3) is 0 Å². The summed E-state index contributed by atoms with van der Waals surface area (Å²) in [6.45, 7) is 8.98. The van der Waals surface area contributed by atoms with Crippen LogP contribution in [0.1, 0.15) is 54.7 Å². The number of carbonyl (C=O) groups excluding carboxylic acids is 1. The predicted octanol–water partition coefficient (Wildman–Crippen LogP) is 3.95. The number of benzene rings is 2. The second-order valence-corrected chi connectivity index (χ2v) is 11.5. The Bertz CT molecular complexity index is 1270. The maximum atomic E-state index is 13.4. The van der Waals surface area contributed by atoms with Crippen LogP contribution in [-0.4, -0.2) is 56.7 Å². The van der Waals surface area contributed by atoms with Gasteiger partial charge in [-0.1, -0.05) is 19.1 Å². The predicted molar refractivity (Wildman–Crippen MR) is 147 cm³/mol. The van der Waals surface area contributed by atoms with Crippen molar-refractivity contribution in [2.45, 2.75) is 50.1 Å². The van der Waals surface area contributed by atoms with Crippen LogP contribution in [0.2, 0.25) is 0 Å². The van der Waals surface area contributed by atoms with Gasteiger partial charge in [-0.25, -0.2) is 18.9 Å². The smallest absolute Gasteiger partial charge is 0.253 e. The Morgan fingerprint density at radius 1 is 1.08 bits per heavy atom. The summed E-state index contributed by atoms with van der Waals surface area (Å²) in [4.78, 5) is 26.8. The van der Waals surface area contributed by atoms with Gasteiger partial charge in [0.25, 0.3) is 5.91 Å². The summed E-state index contributed by atoms with van der Waals surface area (Å²) < 4.78 is 16.6. The van der Waals surface area contributed by atoms with Crippen LogP contribution in [0, 0.1) is 0 Å². The second-order valence-electron chi connectivity index (χ2n) is 10.3. The third kappa shape index (κ3) is 5.67. The molecular formula is C28H34N6O2S. The number of nitrogens with zero attached hydrogens (tertiary/aromatic N) is 4. The Kier molecular flexibility index (Phi) is 7.26. The lowest BCUT2D eigenvalue weighted by atomic mass is 9.85. The molecule has 0 aliphatic carbocycles. The first-order valence-electron chi connectivity index (χ1n) is 12.8. The minimum atomic E-state index is -1.37. The van der Waals surface area contributed by atoms with E-state index in [9.17, 15) is 9.00 Å². The molecule has 0 saturated carbocycles. The molecule has 1 amide bonds. The zero-order valence-corrected chi connectivity index (χ0v) is 22.4. The summed E-state index contributed by atoms with van der Waals surface area (Å²) in [7, 11) is -1.37. The number of hydrogen-bond acceptors (Lipinski definition) is 6. The highest BCUT2D eigenvalue weighted by molar-refractivity contribution is 7.83. The van der Waals surface area contributed by atoms with E-state index in [1.54, 1.807) is 18.5 Å². The fourth-order valence-corrected chi connectivity index (χ4v) is 6.02. The van der Waals surface area contributed by atoms with E-state index in [2.05, 4.69) is 45.7 Å². The van der Waals surface area contributed by atoms with Gasteiger partial charge < -0.3 is 15.1 Å². The van der Waals surface area contributed by atoms with Crippen molar-refractivity contribution in [2.75, 3.05) is 36.4 Å². The maximum absolute atomic E-state index is 13.4. The molecule has 37 heavy (non-hydrogen) atoms. The van der Waals surface area contributed by atoms with Crippen molar-refractivity contribution in [1.29, 1.82) is 0 Å². The van der Waals surface area contributed by atoms with Crippen LogP contribution < -0.4 is 14.9 Å². The molecule has 1 aromatic heterocycles. The molecule has 1 unspecified atom stereocenters. The summed E-state index contributed by atoms with van der Waals surface area (Å²) in [5.41, 5.74) is 3.63. The van der Waals surface area contributed by atoms with E-state index in [0.717, 1.165) is 29.0 Å². The number of fused-ring (bicyclic) bond motifs is 1. The zero-order valence-electron chi connectivity index (χ0n) is 21.6. The van der Waals surface area contributed by atoms with Crippen molar-refractivity contribution < 1.29 is 9.00 Å². The van der Waals surface area contributed by atoms with Crippen LogP contribution in [0.15, 0.2) is 65.8 Å². The van der Waals surface area contributed by atoms with E-state index < -0.39 is 11.0 Å². The van der Waals surface area contributed by atoms with Gasteiger partial charge in [-0.15, -0.1) is 0 Å². The highest BCUT2D eigenvalue weighted by Crippen LogP contribution is 2.38. The molecule has 0 bridgehead atoms. The minimum Gasteiger partial charge on any atom is -0.380 e. The molecule has 0 spiro atoms. The normalized spacial score (nSPS) is 19.6. The molecule has 2 aliphatic rings. The van der Waals surface area contributed by atoms with Crippen molar-refractivity contribution >= 4 is 28.5 Å². The number of aryl methyl sites for hydroxylation is 1. The third-order valence-electron chi connectivity index (χ3n) is 7.06. The lowest BCUT2D eigenvalue weighted by Crippen LogP contribution is -2.49. The summed E-state index contributed by atoms with van der Waals surface area (Å²) in [6.07, 6.45) is 5.16. The summed E-state index contributed by atoms with van der Waals surface area (Å²) in [6, 6.07) is 15.4. The molecule has 3 heterocycles. The van der Waals surface area contributed by atoms with Crippen molar-refractivity contribution in [2.24, 2.45) is 0 Å². The van der Waals surface area contributed by atoms with E-state index in [4.69, 9.17) is 0 Å². The molecule has 2 aromatic carbocycles. The number of amides is 1. The lowest BCUT2D eigenvalue weighted by Gasteiger charge is -2.39. The van der Waals surface area contributed by atoms with Crippen molar-refractivity contribution in [3.63, 3.8) is 0 Å². The SMILES string of the molecule is CCc1ccc(S(=O)N[C@H]2CC(C)(C)Nc3ccc(C(=O)N4CCN(c5ncccn5)CC4)cc32)cc1. The van der Waals surface area contributed by atoms with Gasteiger partial charge in [0.1, 0.15) is 11.0 Å². The molecule has 5 rings (SSSR count). The first-order valence-corrected chi connectivity index (χ1v) is 14.0. The van der Waals surface area contributed by atoms with Gasteiger partial charge in [-0.3, -0.25) is 4.79 Å². The summed E-state index contributed by atoms with van der Waals surface area (Å²) in [5.74, 6) is 0.708. The Morgan fingerprint density at radius 2 is 1.78 bits per heavy atom.